The van der Waals surface area contributed by atoms with E-state index in [1.807, 2.05) is 12.1 Å². The van der Waals surface area contributed by atoms with Gasteiger partial charge in [-0.05, 0) is 37.4 Å². The van der Waals surface area contributed by atoms with Crippen LogP contribution in [0.15, 0.2) is 12.1 Å². The lowest BCUT2D eigenvalue weighted by Gasteiger charge is -2.65. The minimum Gasteiger partial charge on any atom is -0.493 e. The van der Waals surface area contributed by atoms with Crippen molar-refractivity contribution < 1.29 is 32.8 Å². The van der Waals surface area contributed by atoms with Gasteiger partial charge < -0.3 is 24.1 Å². The maximum atomic E-state index is 13.3. The van der Waals surface area contributed by atoms with Crippen LogP contribution in [-0.2, 0) is 21.3 Å². The van der Waals surface area contributed by atoms with Gasteiger partial charge >= 0.3 is 0 Å². The molecule has 2 spiro atoms. The zero-order valence-corrected chi connectivity index (χ0v) is 16.3. The molecule has 0 unspecified atom stereocenters. The molecule has 158 valence electrons. The van der Waals surface area contributed by atoms with Crippen molar-refractivity contribution >= 4 is 0 Å². The molecular weight excluding hydrogens is 384 g/mol. The summed E-state index contributed by atoms with van der Waals surface area (Å²) in [5.74, 6) is 0.353. The fourth-order valence-electron chi connectivity index (χ4n) is 6.90. The molecule has 29 heavy (non-hydrogen) atoms. The van der Waals surface area contributed by atoms with Gasteiger partial charge in [-0.1, -0.05) is 6.07 Å². The third kappa shape index (κ3) is 2.03. The van der Waals surface area contributed by atoms with E-state index in [0.29, 0.717) is 56.9 Å². The molecule has 2 bridgehead atoms. The Bertz CT molecular complexity index is 860. The molecule has 3 fully saturated rings. The van der Waals surface area contributed by atoms with Gasteiger partial charge in [-0.2, -0.15) is 0 Å². The molecule has 1 N–H and O–H groups in total. The molecule has 8 heteroatoms. The van der Waals surface area contributed by atoms with Crippen LogP contribution in [0.1, 0.15) is 30.4 Å². The number of piperidine rings is 1. The molecular formula is C21H25F2NO5. The fourth-order valence-corrected chi connectivity index (χ4v) is 6.90. The minimum atomic E-state index is -2.44. The number of nitrogens with zero attached hydrogens (tertiary/aromatic N) is 1. The molecule has 1 aromatic rings. The lowest BCUT2D eigenvalue weighted by molar-refractivity contribution is -0.297. The number of aliphatic hydroxyl groups is 1. The van der Waals surface area contributed by atoms with Gasteiger partial charge in [-0.3, -0.25) is 4.90 Å². The van der Waals surface area contributed by atoms with Gasteiger partial charge in [0.15, 0.2) is 17.6 Å². The van der Waals surface area contributed by atoms with E-state index in [-0.39, 0.29) is 12.6 Å². The highest BCUT2D eigenvalue weighted by Crippen LogP contribution is 2.68. The van der Waals surface area contributed by atoms with Crippen LogP contribution < -0.4 is 9.47 Å². The average molecular weight is 409 g/mol. The summed E-state index contributed by atoms with van der Waals surface area (Å²) < 4.78 is 50.9. The van der Waals surface area contributed by atoms with E-state index in [4.69, 9.17) is 18.9 Å². The van der Waals surface area contributed by atoms with E-state index in [9.17, 15) is 13.9 Å². The Labute approximate surface area is 167 Å². The van der Waals surface area contributed by atoms with Gasteiger partial charge in [-0.25, -0.2) is 8.78 Å². The molecule has 0 radical (unpaired) electrons. The van der Waals surface area contributed by atoms with E-state index in [0.717, 1.165) is 11.1 Å². The minimum absolute atomic E-state index is 0.328. The average Bonchev–Trinajstić information content (AvgIpc) is 3.30. The smallest absolute Gasteiger partial charge is 0.251 e. The van der Waals surface area contributed by atoms with Crippen LogP contribution in [0.5, 0.6) is 11.5 Å². The summed E-state index contributed by atoms with van der Waals surface area (Å²) >= 11 is 0. The van der Waals surface area contributed by atoms with Gasteiger partial charge in [0.25, 0.3) is 6.43 Å². The maximum Gasteiger partial charge on any atom is 0.251 e. The van der Waals surface area contributed by atoms with Crippen LogP contribution in [0.4, 0.5) is 8.78 Å². The van der Waals surface area contributed by atoms with E-state index in [2.05, 4.69) is 0 Å². The third-order valence-corrected chi connectivity index (χ3v) is 7.93. The van der Waals surface area contributed by atoms with Crippen LogP contribution in [-0.4, -0.2) is 73.4 Å². The van der Waals surface area contributed by atoms with Crippen molar-refractivity contribution in [2.75, 3.05) is 33.4 Å². The zero-order valence-electron chi connectivity index (χ0n) is 16.3. The van der Waals surface area contributed by atoms with E-state index in [1.54, 1.807) is 12.0 Å². The molecule has 5 aliphatic rings. The summed E-state index contributed by atoms with van der Waals surface area (Å²) in [6, 6.07) is 3.46. The van der Waals surface area contributed by atoms with Crippen LogP contribution in [0.25, 0.3) is 0 Å². The Hall–Kier alpha value is -1.48. The monoisotopic (exact) mass is 409 g/mol. The van der Waals surface area contributed by atoms with Crippen LogP contribution in [0.2, 0.25) is 0 Å². The summed E-state index contributed by atoms with van der Waals surface area (Å²) in [5, 5.41) is 12.2. The first kappa shape index (κ1) is 18.3. The van der Waals surface area contributed by atoms with Crippen molar-refractivity contribution in [1.82, 2.24) is 4.90 Å². The number of methoxy groups -OCH3 is 1. The summed E-state index contributed by atoms with van der Waals surface area (Å²) in [7, 11) is 1.60. The number of fused-ring (bicyclic) bond motifs is 1. The predicted octanol–water partition coefficient (Wildman–Crippen LogP) is 1.86. The highest BCUT2D eigenvalue weighted by molar-refractivity contribution is 5.63. The topological polar surface area (TPSA) is 60.4 Å². The first-order valence-corrected chi connectivity index (χ1v) is 10.3. The van der Waals surface area contributed by atoms with E-state index < -0.39 is 29.3 Å². The molecule has 2 saturated heterocycles. The number of ether oxygens (including phenoxy) is 4. The second kappa shape index (κ2) is 5.81. The molecule has 1 saturated carbocycles. The largest absolute Gasteiger partial charge is 0.493 e. The summed E-state index contributed by atoms with van der Waals surface area (Å²) in [6.45, 7) is 1.11. The third-order valence-electron chi connectivity index (χ3n) is 7.93. The Morgan fingerprint density at radius 2 is 2.03 bits per heavy atom. The molecule has 0 aromatic heterocycles. The highest BCUT2D eigenvalue weighted by atomic mass is 19.3. The Balaban J connectivity index is 1.58. The molecule has 3 heterocycles. The van der Waals surface area contributed by atoms with Gasteiger partial charge in [0, 0.05) is 18.0 Å². The molecule has 6 nitrogen and oxygen atoms in total. The van der Waals surface area contributed by atoms with Gasteiger partial charge in [0.05, 0.1) is 37.9 Å². The zero-order chi connectivity index (χ0) is 20.0. The lowest BCUT2D eigenvalue weighted by atomic mass is 9.48. The standard InChI is InChI=1S/C21H25F2NO5/c1-26-13-3-2-12-10-14-20(25)4-5-21(27-8-9-28-21)18-19(20,16(12)17(13)29-18)6-7-24(14)11-15(22)23/h2-3,14-15,18,25H,4-11H2,1H3/t14-,18-,19+,20-/m1/s1. The Morgan fingerprint density at radius 3 is 2.76 bits per heavy atom. The first-order chi connectivity index (χ1) is 14.0. The van der Waals surface area contributed by atoms with Crippen molar-refractivity contribution in [1.29, 1.82) is 0 Å². The van der Waals surface area contributed by atoms with Gasteiger partial charge in [-0.15, -0.1) is 0 Å². The number of benzene rings is 1. The normalized spacial score (nSPS) is 38.9. The lowest BCUT2D eigenvalue weighted by Crippen LogP contribution is -2.79. The van der Waals surface area contributed by atoms with E-state index in [1.165, 1.54) is 0 Å². The Kier molecular flexibility index (Phi) is 3.67. The molecule has 0 amide bonds. The quantitative estimate of drug-likeness (QED) is 0.823. The van der Waals surface area contributed by atoms with Gasteiger partial charge in [0.2, 0.25) is 5.79 Å². The summed E-state index contributed by atoms with van der Waals surface area (Å²) in [6.07, 6.45) is -1.04. The van der Waals surface area contributed by atoms with Crippen molar-refractivity contribution in [3.8, 4) is 11.5 Å². The Morgan fingerprint density at radius 1 is 1.24 bits per heavy atom. The highest BCUT2D eigenvalue weighted by Gasteiger charge is 2.77. The molecule has 6 rings (SSSR count). The number of halogens is 2. The predicted molar refractivity (Wildman–Crippen MR) is 97.6 cm³/mol. The SMILES string of the molecule is COc1ccc2c3c1O[C@H]1C4(CC[C@@]5(O)[C@@H](C2)N(CC(F)F)CC[C@]315)OCCO4. The number of likely N-dealkylation sites (tertiary alicyclic amines) is 1. The molecule has 4 atom stereocenters. The first-order valence-electron chi connectivity index (χ1n) is 10.3. The number of hydrogen-bond donors (Lipinski definition) is 1. The summed E-state index contributed by atoms with van der Waals surface area (Å²) in [5.41, 5.74) is 0.0641. The molecule has 3 aliphatic heterocycles. The van der Waals surface area contributed by atoms with Crippen LogP contribution >= 0.6 is 0 Å². The molecule has 1 aromatic carbocycles. The van der Waals surface area contributed by atoms with E-state index >= 15 is 0 Å². The number of rotatable bonds is 3. The summed E-state index contributed by atoms with van der Waals surface area (Å²) in [4.78, 5) is 1.77. The number of hydrogen-bond acceptors (Lipinski definition) is 6. The second-order valence-electron chi connectivity index (χ2n) is 8.89. The van der Waals surface area contributed by atoms with Crippen molar-refractivity contribution in [2.45, 2.75) is 61.1 Å². The van der Waals surface area contributed by atoms with Crippen molar-refractivity contribution in [2.24, 2.45) is 0 Å². The second-order valence-corrected chi connectivity index (χ2v) is 8.89. The van der Waals surface area contributed by atoms with Crippen molar-refractivity contribution in [3.05, 3.63) is 23.3 Å². The maximum absolute atomic E-state index is 13.3. The number of alkyl halides is 2. The fraction of sp³-hybridized carbons (Fsp3) is 0.714. The molecule has 2 aliphatic carbocycles. The van der Waals surface area contributed by atoms with Crippen molar-refractivity contribution in [3.63, 3.8) is 0 Å². The van der Waals surface area contributed by atoms with Crippen LogP contribution in [0, 0.1) is 0 Å². The van der Waals surface area contributed by atoms with Crippen LogP contribution in [0.3, 0.4) is 0 Å². The van der Waals surface area contributed by atoms with Gasteiger partial charge in [0.1, 0.15) is 0 Å².